The number of hydrogen-bond donors (Lipinski definition) is 1. The third-order valence-corrected chi connectivity index (χ3v) is 2.28. The molecule has 0 aliphatic rings. The topological polar surface area (TPSA) is 111 Å². The van der Waals surface area contributed by atoms with Crippen LogP contribution >= 0.6 is 0 Å². The van der Waals surface area contributed by atoms with Gasteiger partial charge in [0.05, 0.1) is 16.3 Å². The van der Waals surface area contributed by atoms with Gasteiger partial charge in [0.15, 0.2) is 0 Å². The van der Waals surface area contributed by atoms with E-state index in [0.717, 1.165) is 6.07 Å². The van der Waals surface area contributed by atoms with Gasteiger partial charge in [-0.1, -0.05) is 5.75 Å². The highest BCUT2D eigenvalue weighted by Gasteiger charge is 2.03. The summed E-state index contributed by atoms with van der Waals surface area (Å²) < 4.78 is 0. The lowest BCUT2D eigenvalue weighted by atomic mass is 10.3. The Bertz CT molecular complexity index is 638. The Labute approximate surface area is 107 Å². The van der Waals surface area contributed by atoms with E-state index in [1.807, 2.05) is 0 Å². The normalized spacial score (nSPS) is 10.7. The number of azo groups is 1. The zero-order valence-electron chi connectivity index (χ0n) is 9.56. The number of benzene rings is 2. The van der Waals surface area contributed by atoms with E-state index in [1.54, 1.807) is 0 Å². The third-order valence-electron chi connectivity index (χ3n) is 2.28. The van der Waals surface area contributed by atoms with Gasteiger partial charge in [-0.2, -0.15) is 10.2 Å². The van der Waals surface area contributed by atoms with E-state index in [9.17, 15) is 15.2 Å². The molecule has 0 fully saturated rings. The molecule has 0 spiro atoms. The quantitative estimate of drug-likeness (QED) is 0.518. The first kappa shape index (κ1) is 12.5. The molecule has 7 nitrogen and oxygen atoms in total. The van der Waals surface area contributed by atoms with E-state index in [-0.39, 0.29) is 17.1 Å². The van der Waals surface area contributed by atoms with Crippen molar-refractivity contribution in [2.24, 2.45) is 10.2 Å². The molecule has 0 radical (unpaired) electrons. The van der Waals surface area contributed by atoms with Crippen LogP contribution in [0.3, 0.4) is 0 Å². The SMILES string of the molecule is O=[N+]([O-])c1ccc(N=Nc2ccc(O)cc2[O-])cc1. The second-order valence-electron chi connectivity index (χ2n) is 3.63. The highest BCUT2D eigenvalue weighted by molar-refractivity contribution is 5.53. The molecule has 0 saturated carbocycles. The number of non-ortho nitro benzene ring substituents is 1. The summed E-state index contributed by atoms with van der Waals surface area (Å²) in [6, 6.07) is 9.13. The van der Waals surface area contributed by atoms with Crippen molar-refractivity contribution >= 4 is 17.1 Å². The molecular formula is C12H8N3O4-. The summed E-state index contributed by atoms with van der Waals surface area (Å²) >= 11 is 0. The number of nitro groups is 1. The van der Waals surface area contributed by atoms with Gasteiger partial charge in [-0.3, -0.25) is 10.1 Å². The average molecular weight is 258 g/mol. The third kappa shape index (κ3) is 3.03. The highest BCUT2D eigenvalue weighted by Crippen LogP contribution is 2.29. The lowest BCUT2D eigenvalue weighted by molar-refractivity contribution is -0.384. The summed E-state index contributed by atoms with van der Waals surface area (Å²) in [5, 5.41) is 38.4. The molecule has 2 aromatic carbocycles. The second kappa shape index (κ2) is 5.13. The molecule has 0 saturated heterocycles. The summed E-state index contributed by atoms with van der Waals surface area (Å²) in [5.74, 6) is -0.593. The fourth-order valence-corrected chi connectivity index (χ4v) is 1.34. The number of aromatic hydroxyl groups is 1. The molecule has 0 amide bonds. The molecule has 2 rings (SSSR count). The maximum atomic E-state index is 11.4. The van der Waals surface area contributed by atoms with Gasteiger partial charge in [0.1, 0.15) is 5.75 Å². The van der Waals surface area contributed by atoms with Crippen LogP contribution in [0.25, 0.3) is 0 Å². The lowest BCUT2D eigenvalue weighted by Gasteiger charge is -2.07. The smallest absolute Gasteiger partial charge is 0.269 e. The van der Waals surface area contributed by atoms with Gasteiger partial charge in [0.2, 0.25) is 0 Å². The molecule has 7 heteroatoms. The van der Waals surface area contributed by atoms with E-state index in [4.69, 9.17) is 5.11 Å². The number of phenolic OH excluding ortho intramolecular Hbond substituents is 1. The van der Waals surface area contributed by atoms with Crippen LogP contribution in [0.15, 0.2) is 52.7 Å². The Morgan fingerprint density at radius 3 is 2.32 bits per heavy atom. The van der Waals surface area contributed by atoms with Crippen LogP contribution < -0.4 is 5.11 Å². The fourth-order valence-electron chi connectivity index (χ4n) is 1.34. The van der Waals surface area contributed by atoms with Gasteiger partial charge in [-0.15, -0.1) is 0 Å². The molecule has 0 unspecified atom stereocenters. The van der Waals surface area contributed by atoms with Crippen molar-refractivity contribution in [3.8, 4) is 11.5 Å². The van der Waals surface area contributed by atoms with Crippen molar-refractivity contribution in [2.75, 3.05) is 0 Å². The van der Waals surface area contributed by atoms with Crippen LogP contribution in [0.1, 0.15) is 0 Å². The monoisotopic (exact) mass is 258 g/mol. The highest BCUT2D eigenvalue weighted by atomic mass is 16.6. The van der Waals surface area contributed by atoms with E-state index < -0.39 is 10.7 Å². The van der Waals surface area contributed by atoms with E-state index in [0.29, 0.717) is 5.69 Å². The minimum Gasteiger partial charge on any atom is -0.871 e. The van der Waals surface area contributed by atoms with E-state index in [2.05, 4.69) is 10.2 Å². The number of nitrogens with zero attached hydrogens (tertiary/aromatic N) is 3. The van der Waals surface area contributed by atoms with Crippen LogP contribution in [0.2, 0.25) is 0 Å². The standard InChI is InChI=1S/C12H9N3O4/c16-10-5-6-11(12(17)7-10)14-13-8-1-3-9(4-2-8)15(18)19/h1-7,16-17H/p-1. The molecule has 0 atom stereocenters. The molecular weight excluding hydrogens is 250 g/mol. The summed E-state index contributed by atoms with van der Waals surface area (Å²) in [6.07, 6.45) is 0. The first-order valence-electron chi connectivity index (χ1n) is 5.22. The van der Waals surface area contributed by atoms with Gasteiger partial charge in [-0.25, -0.2) is 0 Å². The van der Waals surface area contributed by atoms with Gasteiger partial charge in [-0.05, 0) is 30.3 Å². The molecule has 0 heterocycles. The second-order valence-corrected chi connectivity index (χ2v) is 3.63. The summed E-state index contributed by atoms with van der Waals surface area (Å²) in [5.41, 5.74) is 0.419. The van der Waals surface area contributed by atoms with Crippen molar-refractivity contribution in [1.82, 2.24) is 0 Å². The van der Waals surface area contributed by atoms with Crippen molar-refractivity contribution in [1.29, 1.82) is 0 Å². The van der Waals surface area contributed by atoms with Crippen molar-refractivity contribution in [3.63, 3.8) is 0 Å². The first-order chi connectivity index (χ1) is 9.06. The number of hydrogen-bond acceptors (Lipinski definition) is 6. The number of nitro benzene ring substituents is 1. The zero-order valence-corrected chi connectivity index (χ0v) is 9.56. The average Bonchev–Trinajstić information content (AvgIpc) is 2.38. The first-order valence-corrected chi connectivity index (χ1v) is 5.22. The zero-order chi connectivity index (χ0) is 13.8. The summed E-state index contributed by atoms with van der Waals surface area (Å²) in [7, 11) is 0. The van der Waals surface area contributed by atoms with E-state index >= 15 is 0 Å². The molecule has 2 aromatic rings. The summed E-state index contributed by atoms with van der Waals surface area (Å²) in [6.45, 7) is 0. The summed E-state index contributed by atoms with van der Waals surface area (Å²) in [4.78, 5) is 9.94. The fraction of sp³-hybridized carbons (Fsp3) is 0. The van der Waals surface area contributed by atoms with Crippen LogP contribution in [-0.4, -0.2) is 10.0 Å². The minimum absolute atomic E-state index is 0.0481. The number of phenols is 1. The van der Waals surface area contributed by atoms with Crippen molar-refractivity contribution in [3.05, 3.63) is 52.6 Å². The maximum absolute atomic E-state index is 11.4. The Balaban J connectivity index is 2.20. The Morgan fingerprint density at radius 1 is 1.05 bits per heavy atom. The lowest BCUT2D eigenvalue weighted by Crippen LogP contribution is -1.88. The molecule has 0 aliphatic heterocycles. The van der Waals surface area contributed by atoms with E-state index in [1.165, 1.54) is 36.4 Å². The maximum Gasteiger partial charge on any atom is 0.269 e. The van der Waals surface area contributed by atoms with Gasteiger partial charge in [0.25, 0.3) is 5.69 Å². The van der Waals surface area contributed by atoms with Crippen LogP contribution in [-0.2, 0) is 0 Å². The Morgan fingerprint density at radius 2 is 1.74 bits per heavy atom. The van der Waals surface area contributed by atoms with Gasteiger partial charge < -0.3 is 10.2 Å². The van der Waals surface area contributed by atoms with Crippen molar-refractivity contribution < 1.29 is 15.1 Å². The molecule has 0 bridgehead atoms. The van der Waals surface area contributed by atoms with Crippen molar-refractivity contribution in [2.45, 2.75) is 0 Å². The number of rotatable bonds is 3. The predicted molar refractivity (Wildman–Crippen MR) is 64.8 cm³/mol. The van der Waals surface area contributed by atoms with Gasteiger partial charge >= 0.3 is 0 Å². The molecule has 0 aromatic heterocycles. The molecule has 1 N–H and O–H groups in total. The Hall–Kier alpha value is -2.96. The largest absolute Gasteiger partial charge is 0.871 e. The van der Waals surface area contributed by atoms with Crippen LogP contribution in [0, 0.1) is 10.1 Å². The predicted octanol–water partition coefficient (Wildman–Crippen LogP) is 2.79. The molecule has 96 valence electrons. The Kier molecular flexibility index (Phi) is 3.37. The van der Waals surface area contributed by atoms with Crippen LogP contribution in [0.4, 0.5) is 17.1 Å². The molecule has 0 aliphatic carbocycles. The molecule has 19 heavy (non-hydrogen) atoms. The van der Waals surface area contributed by atoms with Crippen LogP contribution in [0.5, 0.6) is 11.5 Å². The van der Waals surface area contributed by atoms with Gasteiger partial charge in [0, 0.05) is 12.1 Å². The minimum atomic E-state index is -0.517.